The molecule has 0 aromatic carbocycles. The molecule has 0 unspecified atom stereocenters. The van der Waals surface area contributed by atoms with E-state index in [2.05, 4.69) is 4.98 Å². The largest absolute Gasteiger partial charge is 0.480 e. The molecule has 1 rings (SSSR count). The standard InChI is InChI=1S/C9H9ClN2O3/c1-12(5-7(13)14)9(15)8-6(10)3-2-4-11-8/h2-4H,5H2,1H3,(H,13,14). The van der Waals surface area contributed by atoms with Crippen molar-refractivity contribution in [2.75, 3.05) is 13.6 Å². The Balaban J connectivity index is 2.85. The number of carboxylic acid groups (broad SMARTS) is 1. The van der Waals surface area contributed by atoms with Gasteiger partial charge in [0.2, 0.25) is 0 Å². The Morgan fingerprint density at radius 3 is 2.80 bits per heavy atom. The van der Waals surface area contributed by atoms with E-state index in [1.165, 1.54) is 19.3 Å². The Hall–Kier alpha value is -1.62. The summed E-state index contributed by atoms with van der Waals surface area (Å²) in [6, 6.07) is 3.12. The molecule has 6 heteroatoms. The maximum absolute atomic E-state index is 11.6. The molecule has 0 atom stereocenters. The number of aromatic nitrogens is 1. The normalized spacial score (nSPS) is 9.73. The number of carbonyl (C=O) groups excluding carboxylic acids is 1. The highest BCUT2D eigenvalue weighted by Gasteiger charge is 2.17. The van der Waals surface area contributed by atoms with E-state index in [1.54, 1.807) is 6.07 Å². The first-order valence-corrected chi connectivity index (χ1v) is 4.48. The van der Waals surface area contributed by atoms with Crippen molar-refractivity contribution in [2.45, 2.75) is 0 Å². The number of carboxylic acids is 1. The van der Waals surface area contributed by atoms with E-state index >= 15 is 0 Å². The number of aliphatic carboxylic acids is 1. The second-order valence-electron chi connectivity index (χ2n) is 2.89. The molecule has 0 fully saturated rings. The molecule has 0 spiro atoms. The number of pyridine rings is 1. The molecular formula is C9H9ClN2O3. The lowest BCUT2D eigenvalue weighted by molar-refractivity contribution is -0.137. The van der Waals surface area contributed by atoms with Gasteiger partial charge in [0.15, 0.2) is 0 Å². The zero-order valence-electron chi connectivity index (χ0n) is 7.98. The molecule has 80 valence electrons. The summed E-state index contributed by atoms with van der Waals surface area (Å²) in [5.74, 6) is -1.60. The predicted octanol–water partition coefficient (Wildman–Crippen LogP) is 0.892. The highest BCUT2D eigenvalue weighted by molar-refractivity contribution is 6.33. The molecule has 15 heavy (non-hydrogen) atoms. The topological polar surface area (TPSA) is 70.5 Å². The number of hydrogen-bond acceptors (Lipinski definition) is 3. The monoisotopic (exact) mass is 228 g/mol. The second-order valence-corrected chi connectivity index (χ2v) is 3.30. The Morgan fingerprint density at radius 2 is 2.27 bits per heavy atom. The van der Waals surface area contributed by atoms with Gasteiger partial charge in [0.1, 0.15) is 12.2 Å². The van der Waals surface area contributed by atoms with Gasteiger partial charge < -0.3 is 10.0 Å². The number of rotatable bonds is 3. The lowest BCUT2D eigenvalue weighted by Crippen LogP contribution is -2.32. The first kappa shape index (κ1) is 11.5. The van der Waals surface area contributed by atoms with Crippen LogP contribution in [0.1, 0.15) is 10.5 Å². The zero-order chi connectivity index (χ0) is 11.4. The van der Waals surface area contributed by atoms with Crippen molar-refractivity contribution in [1.82, 2.24) is 9.88 Å². The molecule has 0 bridgehead atoms. The molecule has 1 aromatic rings. The summed E-state index contributed by atoms with van der Waals surface area (Å²) in [4.78, 5) is 26.8. The van der Waals surface area contributed by atoms with E-state index in [1.807, 2.05) is 0 Å². The number of amides is 1. The van der Waals surface area contributed by atoms with Crippen molar-refractivity contribution in [3.05, 3.63) is 29.0 Å². The first-order valence-electron chi connectivity index (χ1n) is 4.10. The van der Waals surface area contributed by atoms with Gasteiger partial charge in [-0.3, -0.25) is 9.59 Å². The van der Waals surface area contributed by atoms with Crippen LogP contribution in [0.2, 0.25) is 5.02 Å². The predicted molar refractivity (Wildman–Crippen MR) is 53.8 cm³/mol. The van der Waals surface area contributed by atoms with Crippen LogP contribution in [-0.4, -0.2) is 40.5 Å². The number of halogens is 1. The van der Waals surface area contributed by atoms with Gasteiger partial charge >= 0.3 is 5.97 Å². The molecular weight excluding hydrogens is 220 g/mol. The van der Waals surface area contributed by atoms with Crippen molar-refractivity contribution >= 4 is 23.5 Å². The van der Waals surface area contributed by atoms with E-state index in [4.69, 9.17) is 16.7 Å². The summed E-state index contributed by atoms with van der Waals surface area (Å²) in [5.41, 5.74) is 0.0583. The molecule has 0 saturated heterocycles. The Bertz CT molecular complexity index is 395. The number of hydrogen-bond donors (Lipinski definition) is 1. The van der Waals surface area contributed by atoms with E-state index in [-0.39, 0.29) is 17.3 Å². The fourth-order valence-electron chi connectivity index (χ4n) is 0.999. The van der Waals surface area contributed by atoms with Crippen molar-refractivity contribution < 1.29 is 14.7 Å². The average Bonchev–Trinajstić information content (AvgIpc) is 2.16. The molecule has 0 aliphatic carbocycles. The summed E-state index contributed by atoms with van der Waals surface area (Å²) in [6.07, 6.45) is 1.42. The van der Waals surface area contributed by atoms with Gasteiger partial charge in [0.25, 0.3) is 5.91 Å². The minimum absolute atomic E-state index is 0.0583. The lowest BCUT2D eigenvalue weighted by Gasteiger charge is -2.14. The Kier molecular flexibility index (Phi) is 3.62. The van der Waals surface area contributed by atoms with Crippen LogP contribution in [0, 0.1) is 0 Å². The molecule has 0 aliphatic rings. The molecule has 0 saturated carbocycles. The quantitative estimate of drug-likeness (QED) is 0.834. The van der Waals surface area contributed by atoms with Crippen LogP contribution in [0.15, 0.2) is 18.3 Å². The average molecular weight is 229 g/mol. The van der Waals surface area contributed by atoms with Crippen LogP contribution in [0.3, 0.4) is 0 Å². The maximum atomic E-state index is 11.6. The van der Waals surface area contributed by atoms with Gasteiger partial charge in [-0.15, -0.1) is 0 Å². The Morgan fingerprint density at radius 1 is 1.60 bits per heavy atom. The minimum atomic E-state index is -1.09. The smallest absolute Gasteiger partial charge is 0.323 e. The molecule has 0 radical (unpaired) electrons. The molecule has 1 heterocycles. The highest BCUT2D eigenvalue weighted by Crippen LogP contribution is 2.13. The summed E-state index contributed by atoms with van der Waals surface area (Å²) in [6.45, 7) is -0.383. The van der Waals surface area contributed by atoms with Crippen molar-refractivity contribution in [2.24, 2.45) is 0 Å². The summed E-state index contributed by atoms with van der Waals surface area (Å²) in [5, 5.41) is 8.71. The van der Waals surface area contributed by atoms with E-state index in [0.717, 1.165) is 4.90 Å². The van der Waals surface area contributed by atoms with Gasteiger partial charge in [-0.05, 0) is 12.1 Å². The number of likely N-dealkylation sites (N-methyl/N-ethyl adjacent to an activating group) is 1. The summed E-state index contributed by atoms with van der Waals surface area (Å²) >= 11 is 5.74. The molecule has 5 nitrogen and oxygen atoms in total. The van der Waals surface area contributed by atoms with Crippen LogP contribution in [0.4, 0.5) is 0 Å². The number of nitrogens with zero attached hydrogens (tertiary/aromatic N) is 2. The fraction of sp³-hybridized carbons (Fsp3) is 0.222. The maximum Gasteiger partial charge on any atom is 0.323 e. The van der Waals surface area contributed by atoms with Crippen molar-refractivity contribution in [1.29, 1.82) is 0 Å². The van der Waals surface area contributed by atoms with Crippen molar-refractivity contribution in [3.8, 4) is 0 Å². The van der Waals surface area contributed by atoms with Gasteiger partial charge in [-0.25, -0.2) is 4.98 Å². The van der Waals surface area contributed by atoms with Gasteiger partial charge in [0, 0.05) is 13.2 Å². The molecule has 1 aromatic heterocycles. The van der Waals surface area contributed by atoms with Crippen LogP contribution >= 0.6 is 11.6 Å². The first-order chi connectivity index (χ1) is 7.02. The summed E-state index contributed by atoms with van der Waals surface area (Å²) in [7, 11) is 1.38. The SMILES string of the molecule is CN(CC(=O)O)C(=O)c1ncccc1Cl. The molecule has 0 aliphatic heterocycles. The van der Waals surface area contributed by atoms with E-state index in [9.17, 15) is 9.59 Å². The van der Waals surface area contributed by atoms with Crippen molar-refractivity contribution in [3.63, 3.8) is 0 Å². The van der Waals surface area contributed by atoms with Crippen LogP contribution in [-0.2, 0) is 4.79 Å². The van der Waals surface area contributed by atoms with Crippen LogP contribution < -0.4 is 0 Å². The second kappa shape index (κ2) is 4.75. The lowest BCUT2D eigenvalue weighted by atomic mass is 10.3. The zero-order valence-corrected chi connectivity index (χ0v) is 8.73. The fourth-order valence-corrected chi connectivity index (χ4v) is 1.20. The van der Waals surface area contributed by atoms with Gasteiger partial charge in [-0.2, -0.15) is 0 Å². The van der Waals surface area contributed by atoms with Gasteiger partial charge in [-0.1, -0.05) is 11.6 Å². The van der Waals surface area contributed by atoms with Crippen LogP contribution in [0.25, 0.3) is 0 Å². The Labute approximate surface area is 91.3 Å². The molecule has 1 N–H and O–H groups in total. The van der Waals surface area contributed by atoms with Gasteiger partial charge in [0.05, 0.1) is 5.02 Å². The number of carbonyl (C=O) groups is 2. The third kappa shape index (κ3) is 2.92. The minimum Gasteiger partial charge on any atom is -0.480 e. The molecule has 1 amide bonds. The van der Waals surface area contributed by atoms with E-state index in [0.29, 0.717) is 0 Å². The highest BCUT2D eigenvalue weighted by atomic mass is 35.5. The third-order valence-electron chi connectivity index (χ3n) is 1.68. The third-order valence-corrected chi connectivity index (χ3v) is 1.99. The van der Waals surface area contributed by atoms with Crippen LogP contribution in [0.5, 0.6) is 0 Å². The summed E-state index contributed by atoms with van der Waals surface area (Å²) < 4.78 is 0. The van der Waals surface area contributed by atoms with E-state index < -0.39 is 11.9 Å².